The summed E-state index contributed by atoms with van der Waals surface area (Å²) in [5.74, 6) is 0. The molecule has 1 saturated heterocycles. The third-order valence-electron chi connectivity index (χ3n) is 5.47. The summed E-state index contributed by atoms with van der Waals surface area (Å²) in [6.07, 6.45) is -33.8. The van der Waals surface area contributed by atoms with Crippen LogP contribution in [0.25, 0.3) is 0 Å². The van der Waals surface area contributed by atoms with Gasteiger partial charge in [-0.1, -0.05) is 0 Å². The van der Waals surface area contributed by atoms with E-state index in [-0.39, 0.29) is 266 Å². The molecule has 1 rings (SSSR count). The molecule has 1 aliphatic heterocycles. The molecule has 0 aromatic carbocycles. The van der Waals surface area contributed by atoms with Gasteiger partial charge in [-0.15, -0.1) is 0 Å². The predicted molar refractivity (Wildman–Crippen MR) is 148 cm³/mol. The standard InChI is InChI=1S/C12H24O38S9.9Na/c13-51(14,15)40-1-4-8(47-56(28,29)30)10(49-58(34,35)36)11(50-59(37,38)39)12(43-4)44-7(5(45-54(22,23)24)2-41-52(16,17)18)9(48-57(31,32)33)6(46-55(25,26)27)3-42-53(19,20)21;;;;;;;;;/h4-12H,1-3H2,(H,13,14,15)(H,16,17,18)(H,19,20,21)(H,22,23,24)(H,25,26,27)(H,28,29,30)(H,31,32,33)(H,34,35,36)(H,37,38,39);;;;;;;;;/q;9*+1/p-9/t4-,5+,6-,7?,8-,9-,10+,11-,12+;;;;;;;;;/m1........./s1. The average Bonchev–Trinajstić information content (AvgIpc) is 2.92. The van der Waals surface area contributed by atoms with Crippen molar-refractivity contribution in [1.29, 1.82) is 0 Å². The van der Waals surface area contributed by atoms with Crippen LogP contribution in [0.1, 0.15) is 0 Å². The SMILES string of the molecule is O=S(=O)([O-])OC[C@H](OS(=O)(=O)[O-])C(O[C@@H]1O[C@H](COS(=O)(=O)[O-])[C@@H](OS(=O)(=O)[O-])[C@H](OS(=O)(=O)[O-])[C@H]1OS(=O)(=O)[O-])[C@H](OS(=O)(=O)[O-])[C@@H](COS(=O)(=O)[O-])OS(=O)(=O)[O-].[Na+].[Na+].[Na+].[Na+].[Na+].[Na+].[Na+].[Na+].[Na+]. The fraction of sp³-hybridized carbons (Fsp3) is 1.00. The van der Waals surface area contributed by atoms with Gasteiger partial charge >= 0.3 is 266 Å². The van der Waals surface area contributed by atoms with Gasteiger partial charge in [0.2, 0.25) is 93.6 Å². The van der Waals surface area contributed by atoms with Gasteiger partial charge in [-0.05, 0) is 0 Å². The van der Waals surface area contributed by atoms with E-state index in [1.165, 1.54) is 0 Å². The zero-order valence-corrected chi connectivity index (χ0v) is 60.9. The minimum absolute atomic E-state index is 0. The molecular weight excluding hydrogens is 1250 g/mol. The van der Waals surface area contributed by atoms with Crippen LogP contribution in [-0.4, -0.2) is 192 Å². The van der Waals surface area contributed by atoms with Crippen molar-refractivity contribution >= 4 is 93.6 Å². The van der Waals surface area contributed by atoms with Crippen molar-refractivity contribution in [2.75, 3.05) is 19.8 Å². The summed E-state index contributed by atoms with van der Waals surface area (Å²) < 4.78 is 352. The van der Waals surface area contributed by atoms with Crippen LogP contribution in [0.2, 0.25) is 0 Å². The van der Waals surface area contributed by atoms with Gasteiger partial charge in [0.25, 0.3) is 0 Å². The molecule has 1 fully saturated rings. The summed E-state index contributed by atoms with van der Waals surface area (Å²) in [5, 5.41) is 0. The number of hydrogen-bond donors (Lipinski definition) is 0. The Morgan fingerprint density at radius 3 is 0.941 bits per heavy atom. The van der Waals surface area contributed by atoms with Crippen LogP contribution in [0.15, 0.2) is 0 Å². The second-order valence-electron chi connectivity index (χ2n) is 9.68. The van der Waals surface area contributed by atoms with E-state index in [4.69, 9.17) is 9.47 Å². The summed E-state index contributed by atoms with van der Waals surface area (Å²) >= 11 is 0. The zero-order chi connectivity index (χ0) is 46.6. The summed E-state index contributed by atoms with van der Waals surface area (Å²) in [4.78, 5) is 0. The molecule has 68 heavy (non-hydrogen) atoms. The first-order valence-corrected chi connectivity index (χ1v) is 24.8. The molecule has 0 aromatic heterocycles. The summed E-state index contributed by atoms with van der Waals surface area (Å²) in [6, 6.07) is 0. The maximum atomic E-state index is 11.8. The summed E-state index contributed by atoms with van der Waals surface area (Å²) in [7, 11) is -58.8. The minimum Gasteiger partial charge on any atom is -0.726 e. The Morgan fingerprint density at radius 2 is 0.647 bits per heavy atom. The minimum atomic E-state index is -6.83. The van der Waals surface area contributed by atoms with Crippen LogP contribution in [0, 0.1) is 0 Å². The van der Waals surface area contributed by atoms with Crippen LogP contribution in [-0.2, 0) is 141 Å². The maximum absolute atomic E-state index is 11.8. The molecule has 1 unspecified atom stereocenters. The van der Waals surface area contributed by atoms with E-state index >= 15 is 0 Å². The zero-order valence-electron chi connectivity index (χ0n) is 35.5. The second kappa shape index (κ2) is 38.5. The monoisotopic (exact) mass is 1260 g/mol. The van der Waals surface area contributed by atoms with Gasteiger partial charge in [-0.2, -0.15) is 0 Å². The van der Waals surface area contributed by atoms with Crippen molar-refractivity contribution in [3.8, 4) is 0 Å². The van der Waals surface area contributed by atoms with Gasteiger partial charge in [0.05, 0.1) is 19.8 Å². The van der Waals surface area contributed by atoms with Crippen LogP contribution in [0.3, 0.4) is 0 Å². The quantitative estimate of drug-likeness (QED) is 0.0441. The van der Waals surface area contributed by atoms with Crippen LogP contribution in [0.4, 0.5) is 0 Å². The third kappa shape index (κ3) is 46.4. The molecule has 0 aliphatic carbocycles. The van der Waals surface area contributed by atoms with Gasteiger partial charge < -0.3 is 50.4 Å². The van der Waals surface area contributed by atoms with Crippen LogP contribution >= 0.6 is 0 Å². The van der Waals surface area contributed by atoms with Crippen molar-refractivity contribution in [1.82, 2.24) is 0 Å². The molecule has 0 radical (unpaired) electrons. The molecule has 0 bridgehead atoms. The van der Waals surface area contributed by atoms with E-state index in [1.54, 1.807) is 0 Å². The molecule has 0 saturated carbocycles. The molecule has 0 spiro atoms. The number of ether oxygens (including phenoxy) is 2. The molecule has 354 valence electrons. The first kappa shape index (κ1) is 95.0. The average molecular weight is 1260 g/mol. The van der Waals surface area contributed by atoms with Crippen LogP contribution in [0.5, 0.6) is 0 Å². The maximum Gasteiger partial charge on any atom is 1.00 e. The molecule has 1 heterocycles. The molecular formula is C12H15Na9O38S9. The Morgan fingerprint density at radius 1 is 0.353 bits per heavy atom. The number of rotatable bonds is 26. The predicted octanol–water partition coefficient (Wildman–Crippen LogP) is -37.4. The van der Waals surface area contributed by atoms with Crippen molar-refractivity contribution < 1.29 is 430 Å². The summed E-state index contributed by atoms with van der Waals surface area (Å²) in [6.45, 7) is -7.36. The van der Waals surface area contributed by atoms with Crippen molar-refractivity contribution in [2.24, 2.45) is 0 Å². The Hall–Kier alpha value is 7.75. The smallest absolute Gasteiger partial charge is 0.726 e. The first-order valence-electron chi connectivity index (χ1n) is 12.8. The Labute approximate surface area is 586 Å². The molecule has 1 aliphatic rings. The van der Waals surface area contributed by atoms with Gasteiger partial charge in [0.1, 0.15) is 42.7 Å². The van der Waals surface area contributed by atoms with Crippen molar-refractivity contribution in [2.45, 2.75) is 55.1 Å². The first-order chi connectivity index (χ1) is 25.8. The molecule has 9 atom stereocenters. The van der Waals surface area contributed by atoms with Gasteiger partial charge in [-0.25, -0.2) is 75.8 Å². The molecule has 38 nitrogen and oxygen atoms in total. The van der Waals surface area contributed by atoms with E-state index in [0.29, 0.717) is 0 Å². The van der Waals surface area contributed by atoms with E-state index in [9.17, 15) is 117 Å². The van der Waals surface area contributed by atoms with E-state index < -0.39 is 169 Å². The number of hydrogen-bond acceptors (Lipinski definition) is 38. The van der Waals surface area contributed by atoms with Gasteiger partial charge in [-0.3, -0.25) is 37.6 Å². The molecule has 56 heteroatoms. The van der Waals surface area contributed by atoms with E-state index in [2.05, 4.69) is 37.6 Å². The molecule has 0 amide bonds. The van der Waals surface area contributed by atoms with Crippen molar-refractivity contribution in [3.05, 3.63) is 0 Å². The Bertz CT molecular complexity index is 2510. The molecule has 0 N–H and O–H groups in total. The Kier molecular flexibility index (Phi) is 53.8. The van der Waals surface area contributed by atoms with Crippen LogP contribution < -0.4 is 266 Å². The fourth-order valence-electron chi connectivity index (χ4n) is 3.96. The normalized spacial score (nSPS) is 21.0. The largest absolute Gasteiger partial charge is 1.00 e. The second-order valence-corrected chi connectivity index (χ2v) is 18.9. The van der Waals surface area contributed by atoms with Crippen molar-refractivity contribution in [3.63, 3.8) is 0 Å². The molecule has 0 aromatic rings. The van der Waals surface area contributed by atoms with E-state index in [0.717, 1.165) is 0 Å². The van der Waals surface area contributed by atoms with Gasteiger partial charge in [0.15, 0.2) is 12.4 Å². The topological polar surface area (TPSA) is 616 Å². The Balaban J connectivity index is -0.000000553. The fourth-order valence-corrected chi connectivity index (χ4v) is 7.78. The van der Waals surface area contributed by atoms with E-state index in [1.807, 2.05) is 0 Å². The third-order valence-corrected chi connectivity index (χ3v) is 9.54. The summed E-state index contributed by atoms with van der Waals surface area (Å²) in [5.41, 5.74) is 0. The van der Waals surface area contributed by atoms with Gasteiger partial charge in [0, 0.05) is 0 Å².